The molecule has 4 N–H and O–H groups in total. The van der Waals surface area contributed by atoms with Crippen LogP contribution in [0.5, 0.6) is 0 Å². The average Bonchev–Trinajstić information content (AvgIpc) is 2.39. The molecule has 1 aliphatic rings. The number of amidine groups is 1. The zero-order chi connectivity index (χ0) is 14.8. The molecule has 0 aliphatic heterocycles. The molecule has 0 unspecified atom stereocenters. The van der Waals surface area contributed by atoms with Crippen LogP contribution in [0.2, 0.25) is 0 Å². The number of benzene rings is 1. The minimum Gasteiger partial charge on any atom is -0.386 e. The van der Waals surface area contributed by atoms with Crippen molar-refractivity contribution >= 4 is 15.9 Å². The number of hydrogen-bond donors (Lipinski definition) is 3. The summed E-state index contributed by atoms with van der Waals surface area (Å²) < 4.78 is 40.3. The molecule has 0 saturated heterocycles. The smallest absolute Gasteiger partial charge is 0.241 e. The number of nitrogens with two attached hydrogens (primary N) is 1. The Hall–Kier alpha value is -1.47. The van der Waals surface area contributed by atoms with E-state index in [9.17, 15) is 12.8 Å². The zero-order valence-corrected chi connectivity index (χ0v) is 11.8. The van der Waals surface area contributed by atoms with E-state index in [4.69, 9.17) is 11.1 Å². The zero-order valence-electron chi connectivity index (χ0n) is 11.0. The molecule has 0 heterocycles. The molecule has 0 atom stereocenters. The van der Waals surface area contributed by atoms with Crippen LogP contribution in [0.25, 0.3) is 0 Å². The molecule has 1 fully saturated rings. The lowest BCUT2D eigenvalue weighted by Crippen LogP contribution is -2.57. The predicted octanol–water partition coefficient (Wildman–Crippen LogP) is 1.74. The second kappa shape index (κ2) is 5.49. The van der Waals surface area contributed by atoms with Crippen LogP contribution >= 0.6 is 0 Å². The van der Waals surface area contributed by atoms with E-state index in [0.29, 0.717) is 12.8 Å². The lowest BCUT2D eigenvalue weighted by Gasteiger charge is -2.36. The highest BCUT2D eigenvalue weighted by Crippen LogP contribution is 2.30. The topological polar surface area (TPSA) is 96.0 Å². The maximum atomic E-state index is 13.2. The normalized spacial score (nSPS) is 18.6. The van der Waals surface area contributed by atoms with E-state index < -0.39 is 21.4 Å². The lowest BCUT2D eigenvalue weighted by atomic mass is 9.82. The summed E-state index contributed by atoms with van der Waals surface area (Å²) in [5, 5.41) is 7.70. The SMILES string of the molecule is N=C(N)C1(NS(=O)(=O)c2cccc(F)c2)CCCCC1. The fraction of sp³-hybridized carbons (Fsp3) is 0.462. The summed E-state index contributed by atoms with van der Waals surface area (Å²) in [6.45, 7) is 0. The van der Waals surface area contributed by atoms with Crippen molar-refractivity contribution in [3.63, 3.8) is 0 Å². The van der Waals surface area contributed by atoms with Gasteiger partial charge in [-0.05, 0) is 31.0 Å². The van der Waals surface area contributed by atoms with Gasteiger partial charge in [0.15, 0.2) is 0 Å². The maximum Gasteiger partial charge on any atom is 0.241 e. The van der Waals surface area contributed by atoms with Crippen LogP contribution in [-0.4, -0.2) is 19.8 Å². The summed E-state index contributed by atoms with van der Waals surface area (Å²) in [5.41, 5.74) is 4.56. The van der Waals surface area contributed by atoms with Gasteiger partial charge in [-0.2, -0.15) is 4.72 Å². The van der Waals surface area contributed by atoms with E-state index in [1.807, 2.05) is 0 Å². The van der Waals surface area contributed by atoms with Crippen molar-refractivity contribution in [1.82, 2.24) is 4.72 Å². The van der Waals surface area contributed by atoms with Crippen molar-refractivity contribution in [2.75, 3.05) is 0 Å². The average molecular weight is 299 g/mol. The van der Waals surface area contributed by atoms with Crippen molar-refractivity contribution < 1.29 is 12.8 Å². The summed E-state index contributed by atoms with van der Waals surface area (Å²) in [5.74, 6) is -0.800. The Bertz CT molecular complexity index is 610. The highest BCUT2D eigenvalue weighted by atomic mass is 32.2. The van der Waals surface area contributed by atoms with Crippen molar-refractivity contribution in [3.05, 3.63) is 30.1 Å². The second-order valence-corrected chi connectivity index (χ2v) is 6.80. The van der Waals surface area contributed by atoms with Gasteiger partial charge >= 0.3 is 0 Å². The molecule has 1 saturated carbocycles. The van der Waals surface area contributed by atoms with E-state index in [-0.39, 0.29) is 10.7 Å². The van der Waals surface area contributed by atoms with Gasteiger partial charge in [0, 0.05) is 0 Å². The molecule has 20 heavy (non-hydrogen) atoms. The van der Waals surface area contributed by atoms with Crippen LogP contribution in [0.15, 0.2) is 29.2 Å². The van der Waals surface area contributed by atoms with Crippen molar-refractivity contribution in [3.8, 4) is 0 Å². The van der Waals surface area contributed by atoms with Gasteiger partial charge in [0.05, 0.1) is 10.4 Å². The second-order valence-electron chi connectivity index (χ2n) is 5.12. The van der Waals surface area contributed by atoms with Gasteiger partial charge in [-0.1, -0.05) is 25.3 Å². The quantitative estimate of drug-likeness (QED) is 0.583. The molecule has 1 aromatic rings. The summed E-state index contributed by atoms with van der Waals surface area (Å²) in [6, 6.07) is 4.80. The third-order valence-electron chi connectivity index (χ3n) is 3.66. The molecular formula is C13H18FN3O2S. The van der Waals surface area contributed by atoms with Crippen LogP contribution < -0.4 is 10.5 Å². The number of hydrogen-bond acceptors (Lipinski definition) is 3. The fourth-order valence-corrected chi connectivity index (χ4v) is 4.00. The molecule has 1 aromatic carbocycles. The Morgan fingerprint density at radius 3 is 2.50 bits per heavy atom. The van der Waals surface area contributed by atoms with E-state index in [0.717, 1.165) is 25.3 Å². The first-order chi connectivity index (χ1) is 9.36. The van der Waals surface area contributed by atoms with Gasteiger partial charge in [-0.15, -0.1) is 0 Å². The van der Waals surface area contributed by atoms with Gasteiger partial charge < -0.3 is 5.73 Å². The van der Waals surface area contributed by atoms with Crippen LogP contribution in [0.4, 0.5) is 4.39 Å². The lowest BCUT2D eigenvalue weighted by molar-refractivity contribution is 0.348. The highest BCUT2D eigenvalue weighted by Gasteiger charge is 2.39. The summed E-state index contributed by atoms with van der Waals surface area (Å²) in [4.78, 5) is -0.149. The first-order valence-electron chi connectivity index (χ1n) is 6.50. The van der Waals surface area contributed by atoms with Crippen LogP contribution in [0, 0.1) is 11.2 Å². The van der Waals surface area contributed by atoms with Crippen LogP contribution in [0.3, 0.4) is 0 Å². The molecule has 2 rings (SSSR count). The van der Waals surface area contributed by atoms with E-state index in [1.165, 1.54) is 18.2 Å². The Labute approximate surface area is 117 Å². The monoisotopic (exact) mass is 299 g/mol. The molecule has 0 amide bonds. The Kier molecular flexibility index (Phi) is 4.10. The summed E-state index contributed by atoms with van der Waals surface area (Å²) in [6.07, 6.45) is 3.61. The van der Waals surface area contributed by atoms with Gasteiger partial charge in [0.1, 0.15) is 11.7 Å². The predicted molar refractivity (Wildman–Crippen MR) is 74.5 cm³/mol. The largest absolute Gasteiger partial charge is 0.386 e. The van der Waals surface area contributed by atoms with E-state index >= 15 is 0 Å². The van der Waals surface area contributed by atoms with E-state index in [1.54, 1.807) is 0 Å². The fourth-order valence-electron chi connectivity index (χ4n) is 2.53. The van der Waals surface area contributed by atoms with Crippen LogP contribution in [0.1, 0.15) is 32.1 Å². The minimum absolute atomic E-state index is 0.149. The number of nitrogens with one attached hydrogen (secondary N) is 2. The van der Waals surface area contributed by atoms with Crippen molar-refractivity contribution in [1.29, 1.82) is 5.41 Å². The highest BCUT2D eigenvalue weighted by molar-refractivity contribution is 7.89. The third kappa shape index (κ3) is 2.99. The van der Waals surface area contributed by atoms with Gasteiger partial charge in [0.2, 0.25) is 10.0 Å². The first-order valence-corrected chi connectivity index (χ1v) is 7.98. The molecule has 0 bridgehead atoms. The molecule has 0 radical (unpaired) electrons. The Morgan fingerprint density at radius 1 is 1.30 bits per heavy atom. The Morgan fingerprint density at radius 2 is 1.95 bits per heavy atom. The summed E-state index contributed by atoms with van der Waals surface area (Å²) in [7, 11) is -3.90. The van der Waals surface area contributed by atoms with Gasteiger partial charge in [-0.25, -0.2) is 12.8 Å². The standard InChI is InChI=1S/C13H18FN3O2S/c14-10-5-4-6-11(9-10)20(18,19)17-13(12(15)16)7-2-1-3-8-13/h4-6,9,17H,1-3,7-8H2,(H3,15,16). The summed E-state index contributed by atoms with van der Waals surface area (Å²) >= 11 is 0. The number of rotatable bonds is 4. The third-order valence-corrected chi connectivity index (χ3v) is 5.19. The maximum absolute atomic E-state index is 13.2. The molecule has 110 valence electrons. The van der Waals surface area contributed by atoms with Crippen molar-refractivity contribution in [2.24, 2.45) is 5.73 Å². The molecular weight excluding hydrogens is 281 g/mol. The number of halogens is 1. The molecule has 5 nitrogen and oxygen atoms in total. The number of sulfonamides is 1. The minimum atomic E-state index is -3.90. The molecule has 1 aliphatic carbocycles. The molecule has 7 heteroatoms. The van der Waals surface area contributed by atoms with Gasteiger partial charge in [-0.3, -0.25) is 5.41 Å². The molecule has 0 aromatic heterocycles. The molecule has 0 spiro atoms. The van der Waals surface area contributed by atoms with Gasteiger partial charge in [0.25, 0.3) is 0 Å². The van der Waals surface area contributed by atoms with E-state index in [2.05, 4.69) is 4.72 Å². The first kappa shape index (κ1) is 14.9. The van der Waals surface area contributed by atoms with Crippen LogP contribution in [-0.2, 0) is 10.0 Å². The van der Waals surface area contributed by atoms with Crippen molar-refractivity contribution in [2.45, 2.75) is 42.5 Å². The Balaban J connectivity index is 2.32.